The van der Waals surface area contributed by atoms with E-state index in [2.05, 4.69) is 47.6 Å². The molecule has 4 N–H and O–H groups in total. The third kappa shape index (κ3) is 34.4. The first-order chi connectivity index (χ1) is 21.8. The van der Waals surface area contributed by atoms with Crippen LogP contribution in [-0.4, -0.2) is 132 Å². The molecule has 0 aromatic heterocycles. The van der Waals surface area contributed by atoms with Crippen LogP contribution in [0.4, 0.5) is 0 Å². The summed E-state index contributed by atoms with van der Waals surface area (Å²) in [6.45, 7) is 19.5. The first kappa shape index (κ1) is 44.8. The molecule has 2 atom stereocenters. The molecule has 0 heterocycles. The number of nitrogens with one attached hydrogen (secondary N) is 4. The smallest absolute Gasteiger partial charge is 0.140 e. The second kappa shape index (κ2) is 39.7. The van der Waals surface area contributed by atoms with E-state index in [0.29, 0.717) is 107 Å². The summed E-state index contributed by atoms with van der Waals surface area (Å²) in [4.78, 5) is 0. The van der Waals surface area contributed by atoms with Crippen LogP contribution in [0, 0.1) is 0 Å². The minimum absolute atomic E-state index is 0. The molecule has 0 aliphatic rings. The molecule has 266 valence electrons. The first-order valence-corrected chi connectivity index (χ1v) is 14.2. The van der Waals surface area contributed by atoms with E-state index in [1.54, 1.807) is 0 Å². The molecule has 0 aromatic rings. The highest BCUT2D eigenvalue weighted by molar-refractivity contribution is 4.71. The maximum Gasteiger partial charge on any atom is 0.140 e. The van der Waals surface area contributed by atoms with E-state index < -0.39 is 12.2 Å². The molecule has 0 saturated heterocycles. The number of rotatable bonds is 39. The van der Waals surface area contributed by atoms with E-state index in [9.17, 15) is 0 Å². The van der Waals surface area contributed by atoms with Gasteiger partial charge in [-0.2, -0.15) is 0 Å². The van der Waals surface area contributed by atoms with Gasteiger partial charge in [-0.1, -0.05) is 33.7 Å². The second-order valence-corrected chi connectivity index (χ2v) is 8.09. The average molecular weight is 655 g/mol. The molecule has 16 nitrogen and oxygen atoms in total. The molecule has 16 heteroatoms. The Labute approximate surface area is 269 Å². The number of ether oxygens (including phenoxy) is 12. The van der Waals surface area contributed by atoms with Crippen LogP contribution in [0.2, 0.25) is 0 Å². The predicted octanol–water partition coefficient (Wildman–Crippen LogP) is 1.15. The van der Waals surface area contributed by atoms with Gasteiger partial charge in [-0.3, -0.25) is 21.3 Å². The Morgan fingerprint density at radius 3 is 0.933 bits per heavy atom. The van der Waals surface area contributed by atoms with Gasteiger partial charge in [0, 0.05) is 0 Å². The van der Waals surface area contributed by atoms with E-state index in [-0.39, 0.29) is 20.6 Å². The molecule has 0 saturated carbocycles. The van der Waals surface area contributed by atoms with Gasteiger partial charge in [-0.15, -0.1) is 0 Å². The van der Waals surface area contributed by atoms with E-state index in [1.807, 2.05) is 0 Å². The fourth-order valence-electron chi connectivity index (χ4n) is 2.89. The summed E-state index contributed by atoms with van der Waals surface area (Å²) in [5.41, 5.74) is 0. The minimum Gasteiger partial charge on any atom is -0.487 e. The van der Waals surface area contributed by atoms with E-state index in [4.69, 9.17) is 56.8 Å². The molecular weight excluding hydrogens is 596 g/mol. The molecule has 0 fully saturated rings. The van der Waals surface area contributed by atoms with Gasteiger partial charge in [0.25, 0.3) is 0 Å². The van der Waals surface area contributed by atoms with Crippen molar-refractivity contribution in [3.63, 3.8) is 0 Å². The fraction of sp³-hybridized carbons (Fsp3) is 0.724. The monoisotopic (exact) mass is 654 g/mol. The van der Waals surface area contributed by atoms with Gasteiger partial charge in [-0.25, -0.2) is 0 Å². The molecule has 0 radical (unpaired) electrons. The van der Waals surface area contributed by atoms with Gasteiger partial charge < -0.3 is 56.8 Å². The zero-order chi connectivity index (χ0) is 32.0. The highest BCUT2D eigenvalue weighted by Gasteiger charge is 2.24. The Kier molecular flexibility index (Phi) is 39.5. The van der Waals surface area contributed by atoms with Gasteiger partial charge in [0.15, 0.2) is 0 Å². The van der Waals surface area contributed by atoms with Gasteiger partial charge in [0.2, 0.25) is 0 Å². The van der Waals surface area contributed by atoms with Crippen LogP contribution in [0.1, 0.15) is 7.43 Å². The number of hydrogen-bond acceptors (Lipinski definition) is 16. The van der Waals surface area contributed by atoms with Gasteiger partial charge in [-0.05, 0) is 0 Å². The lowest BCUT2D eigenvalue weighted by atomic mass is 10.2. The third-order valence-electron chi connectivity index (χ3n) is 4.87. The van der Waals surface area contributed by atoms with E-state index in [0.717, 1.165) is 0 Å². The second-order valence-electron chi connectivity index (χ2n) is 8.09. The number of hydrogen-bond donors (Lipinski definition) is 4. The summed E-state index contributed by atoms with van der Waals surface area (Å²) in [7, 11) is 0. The lowest BCUT2D eigenvalue weighted by Gasteiger charge is -2.27. The molecule has 45 heavy (non-hydrogen) atoms. The van der Waals surface area contributed by atoms with Crippen LogP contribution in [0.5, 0.6) is 0 Å². The van der Waals surface area contributed by atoms with Gasteiger partial charge in [0.05, 0.1) is 118 Å². The standard InChI is InChI=1S/C28H54N4O12.CH4/c1-5-33-19-29-23-39-11-9-37-17-27(43-15-13-41-25-31-21-35-7-3)28(44-16-14-42-26-32-22-36-8-4)18-38-10-12-40-24-30-20-34-6-2;/h5-8,27-32H,1-4,9-26H2;1H4. The van der Waals surface area contributed by atoms with Crippen molar-refractivity contribution >= 4 is 0 Å². The quantitative estimate of drug-likeness (QED) is 0.0424. The van der Waals surface area contributed by atoms with Crippen LogP contribution in [0.3, 0.4) is 0 Å². The molecule has 2 unspecified atom stereocenters. The van der Waals surface area contributed by atoms with Crippen molar-refractivity contribution in [2.45, 2.75) is 19.6 Å². The SMILES string of the molecule is C.C=COCNCOCCOCC(OCCOCNCOC=C)C(COCCOCNCOC=C)OCCOCNCOC=C. The third-order valence-corrected chi connectivity index (χ3v) is 4.87. The Morgan fingerprint density at radius 2 is 0.644 bits per heavy atom. The molecule has 0 spiro atoms. The Hall–Kier alpha value is -2.32. The summed E-state index contributed by atoms with van der Waals surface area (Å²) in [6, 6.07) is 0. The van der Waals surface area contributed by atoms with Crippen molar-refractivity contribution in [2.24, 2.45) is 0 Å². The van der Waals surface area contributed by atoms with Crippen LogP contribution < -0.4 is 21.3 Å². The average Bonchev–Trinajstić information content (AvgIpc) is 3.03. The highest BCUT2D eigenvalue weighted by atomic mass is 16.6. The first-order valence-electron chi connectivity index (χ1n) is 14.2. The zero-order valence-electron chi connectivity index (χ0n) is 25.9. The van der Waals surface area contributed by atoms with Crippen molar-refractivity contribution in [3.05, 3.63) is 51.4 Å². The Bertz CT molecular complexity index is 588. The molecule has 0 aliphatic heterocycles. The van der Waals surface area contributed by atoms with Crippen LogP contribution in [0.25, 0.3) is 0 Å². The van der Waals surface area contributed by atoms with E-state index >= 15 is 0 Å². The lowest BCUT2D eigenvalue weighted by Crippen LogP contribution is -2.41. The molecular formula is C29H58N4O12. The van der Waals surface area contributed by atoms with Crippen LogP contribution in [0.15, 0.2) is 51.4 Å². The largest absolute Gasteiger partial charge is 0.487 e. The summed E-state index contributed by atoms with van der Waals surface area (Å²) in [6.07, 6.45) is 4.47. The summed E-state index contributed by atoms with van der Waals surface area (Å²) >= 11 is 0. The Balaban J connectivity index is 0. The van der Waals surface area contributed by atoms with Gasteiger partial charge in [0.1, 0.15) is 39.1 Å². The van der Waals surface area contributed by atoms with Crippen molar-refractivity contribution < 1.29 is 56.8 Å². The molecule has 0 rings (SSSR count). The summed E-state index contributed by atoms with van der Waals surface area (Å²) < 4.78 is 65.9. The fourth-order valence-corrected chi connectivity index (χ4v) is 2.89. The molecule has 0 aromatic carbocycles. The normalized spacial score (nSPS) is 12.0. The van der Waals surface area contributed by atoms with Gasteiger partial charge >= 0.3 is 0 Å². The topological polar surface area (TPSA) is 159 Å². The molecule has 0 bridgehead atoms. The van der Waals surface area contributed by atoms with Crippen LogP contribution >= 0.6 is 0 Å². The lowest BCUT2D eigenvalue weighted by molar-refractivity contribution is -0.143. The van der Waals surface area contributed by atoms with Crippen molar-refractivity contribution in [3.8, 4) is 0 Å². The predicted molar refractivity (Wildman–Crippen MR) is 168 cm³/mol. The van der Waals surface area contributed by atoms with E-state index in [1.165, 1.54) is 25.0 Å². The maximum absolute atomic E-state index is 6.11. The molecule has 0 aliphatic carbocycles. The van der Waals surface area contributed by atoms with Crippen molar-refractivity contribution in [1.82, 2.24) is 21.3 Å². The summed E-state index contributed by atoms with van der Waals surface area (Å²) in [5, 5.41) is 11.8. The zero-order valence-corrected chi connectivity index (χ0v) is 25.9. The maximum atomic E-state index is 6.11. The Morgan fingerprint density at radius 1 is 0.378 bits per heavy atom. The van der Waals surface area contributed by atoms with Crippen molar-refractivity contribution in [2.75, 3.05) is 120 Å². The summed E-state index contributed by atoms with van der Waals surface area (Å²) in [5.74, 6) is 0. The highest BCUT2D eigenvalue weighted by Crippen LogP contribution is 2.08. The minimum atomic E-state index is -0.465. The molecule has 0 amide bonds. The van der Waals surface area contributed by atoms with Crippen molar-refractivity contribution in [1.29, 1.82) is 0 Å². The van der Waals surface area contributed by atoms with Crippen LogP contribution in [-0.2, 0) is 56.8 Å².